The maximum Gasteiger partial charge on any atom is 0.251 e. The molecular formula is C26H36N2O2. The van der Waals surface area contributed by atoms with E-state index < -0.39 is 0 Å². The van der Waals surface area contributed by atoms with E-state index >= 15 is 0 Å². The molecule has 1 fully saturated rings. The van der Waals surface area contributed by atoms with Gasteiger partial charge in [0.2, 0.25) is 0 Å². The van der Waals surface area contributed by atoms with Crippen molar-refractivity contribution in [1.82, 2.24) is 10.2 Å². The SMILES string of the molecule is CC(C)Oc1ccc(C(=O)NCC(c2ccc(C(C)C)cc2)N2CCCCC2)cc1. The second-order valence-corrected chi connectivity index (χ2v) is 8.83. The van der Waals surface area contributed by atoms with Crippen molar-refractivity contribution in [3.63, 3.8) is 0 Å². The third kappa shape index (κ3) is 6.09. The number of hydrogen-bond donors (Lipinski definition) is 1. The highest BCUT2D eigenvalue weighted by Crippen LogP contribution is 2.26. The lowest BCUT2D eigenvalue weighted by Gasteiger charge is -2.35. The summed E-state index contributed by atoms with van der Waals surface area (Å²) in [4.78, 5) is 15.3. The van der Waals surface area contributed by atoms with Crippen LogP contribution in [0.1, 0.15) is 80.4 Å². The van der Waals surface area contributed by atoms with E-state index in [1.54, 1.807) is 0 Å². The van der Waals surface area contributed by atoms with Crippen molar-refractivity contribution in [1.29, 1.82) is 0 Å². The van der Waals surface area contributed by atoms with Crippen LogP contribution in [0.5, 0.6) is 5.75 Å². The maximum absolute atomic E-state index is 12.8. The fraction of sp³-hybridized carbons (Fsp3) is 0.500. The molecule has 0 bridgehead atoms. The number of hydrogen-bond acceptors (Lipinski definition) is 3. The third-order valence-corrected chi connectivity index (χ3v) is 5.76. The highest BCUT2D eigenvalue weighted by molar-refractivity contribution is 5.94. The zero-order valence-corrected chi connectivity index (χ0v) is 18.9. The second kappa shape index (κ2) is 10.6. The Hall–Kier alpha value is -2.33. The number of rotatable bonds is 8. The van der Waals surface area contributed by atoms with Crippen molar-refractivity contribution < 1.29 is 9.53 Å². The van der Waals surface area contributed by atoms with Crippen LogP contribution in [0.2, 0.25) is 0 Å². The van der Waals surface area contributed by atoms with Crippen LogP contribution in [-0.4, -0.2) is 36.5 Å². The molecule has 1 heterocycles. The molecule has 1 saturated heterocycles. The molecular weight excluding hydrogens is 372 g/mol. The number of nitrogens with zero attached hydrogens (tertiary/aromatic N) is 1. The smallest absolute Gasteiger partial charge is 0.251 e. The number of likely N-dealkylation sites (tertiary alicyclic amines) is 1. The molecule has 0 radical (unpaired) electrons. The zero-order chi connectivity index (χ0) is 21.5. The van der Waals surface area contributed by atoms with E-state index in [0.717, 1.165) is 18.8 Å². The van der Waals surface area contributed by atoms with Crippen molar-refractivity contribution in [2.75, 3.05) is 19.6 Å². The Balaban J connectivity index is 1.69. The van der Waals surface area contributed by atoms with Gasteiger partial charge in [0.25, 0.3) is 5.91 Å². The van der Waals surface area contributed by atoms with Gasteiger partial charge in [0.05, 0.1) is 12.1 Å². The molecule has 30 heavy (non-hydrogen) atoms. The molecule has 2 aromatic carbocycles. The first-order valence-electron chi connectivity index (χ1n) is 11.3. The molecule has 1 atom stereocenters. The van der Waals surface area contributed by atoms with E-state index in [1.165, 1.54) is 30.4 Å². The van der Waals surface area contributed by atoms with Gasteiger partial charge in [-0.1, -0.05) is 44.5 Å². The Kier molecular flexibility index (Phi) is 7.92. The van der Waals surface area contributed by atoms with Crippen LogP contribution in [0, 0.1) is 0 Å². The number of carbonyl (C=O) groups excluding carboxylic acids is 1. The first-order valence-corrected chi connectivity index (χ1v) is 11.3. The average molecular weight is 409 g/mol. The lowest BCUT2D eigenvalue weighted by Crippen LogP contribution is -2.40. The second-order valence-electron chi connectivity index (χ2n) is 8.83. The summed E-state index contributed by atoms with van der Waals surface area (Å²) in [5.41, 5.74) is 3.30. The highest BCUT2D eigenvalue weighted by Gasteiger charge is 2.23. The van der Waals surface area contributed by atoms with Gasteiger partial charge >= 0.3 is 0 Å². The minimum Gasteiger partial charge on any atom is -0.491 e. The molecule has 162 valence electrons. The van der Waals surface area contributed by atoms with E-state index in [4.69, 9.17) is 4.74 Å². The van der Waals surface area contributed by atoms with Gasteiger partial charge in [-0.15, -0.1) is 0 Å². The molecule has 1 amide bonds. The van der Waals surface area contributed by atoms with Crippen LogP contribution in [0.15, 0.2) is 48.5 Å². The number of benzene rings is 2. The molecule has 1 unspecified atom stereocenters. The van der Waals surface area contributed by atoms with Gasteiger partial charge in [-0.3, -0.25) is 9.69 Å². The quantitative estimate of drug-likeness (QED) is 0.622. The zero-order valence-electron chi connectivity index (χ0n) is 18.9. The summed E-state index contributed by atoms with van der Waals surface area (Å²) < 4.78 is 5.67. The number of piperidine rings is 1. The fourth-order valence-electron chi connectivity index (χ4n) is 4.04. The Morgan fingerprint density at radius 3 is 2.07 bits per heavy atom. The fourth-order valence-corrected chi connectivity index (χ4v) is 4.04. The summed E-state index contributed by atoms with van der Waals surface area (Å²) in [6.07, 6.45) is 3.88. The van der Waals surface area contributed by atoms with Crippen molar-refractivity contribution >= 4 is 5.91 Å². The summed E-state index contributed by atoms with van der Waals surface area (Å²) in [5, 5.41) is 3.17. The lowest BCUT2D eigenvalue weighted by atomic mass is 9.97. The van der Waals surface area contributed by atoms with Crippen LogP contribution in [-0.2, 0) is 0 Å². The first-order chi connectivity index (χ1) is 14.4. The van der Waals surface area contributed by atoms with Crippen LogP contribution in [0.4, 0.5) is 0 Å². The van der Waals surface area contributed by atoms with Gasteiger partial charge < -0.3 is 10.1 Å². The van der Waals surface area contributed by atoms with E-state index in [-0.39, 0.29) is 18.1 Å². The van der Waals surface area contributed by atoms with Crippen LogP contribution < -0.4 is 10.1 Å². The number of ether oxygens (including phenoxy) is 1. The topological polar surface area (TPSA) is 41.6 Å². The largest absolute Gasteiger partial charge is 0.491 e. The van der Waals surface area contributed by atoms with Crippen molar-refractivity contribution in [2.45, 2.75) is 65.0 Å². The Labute approximate surface area is 181 Å². The average Bonchev–Trinajstić information content (AvgIpc) is 2.75. The molecule has 4 nitrogen and oxygen atoms in total. The minimum atomic E-state index is -0.0353. The maximum atomic E-state index is 12.8. The van der Waals surface area contributed by atoms with Gasteiger partial charge in [0.15, 0.2) is 0 Å². The Morgan fingerprint density at radius 2 is 1.50 bits per heavy atom. The lowest BCUT2D eigenvalue weighted by molar-refractivity contribution is 0.0924. The van der Waals surface area contributed by atoms with Gasteiger partial charge in [-0.25, -0.2) is 0 Å². The molecule has 0 spiro atoms. The molecule has 1 aliphatic rings. The number of nitrogens with one attached hydrogen (secondary N) is 1. The summed E-state index contributed by atoms with van der Waals surface area (Å²) >= 11 is 0. The Bertz CT molecular complexity index is 791. The number of amides is 1. The van der Waals surface area contributed by atoms with Crippen molar-refractivity contribution in [3.8, 4) is 5.75 Å². The highest BCUT2D eigenvalue weighted by atomic mass is 16.5. The van der Waals surface area contributed by atoms with Crippen LogP contribution in [0.25, 0.3) is 0 Å². The Morgan fingerprint density at radius 1 is 0.900 bits per heavy atom. The summed E-state index contributed by atoms with van der Waals surface area (Å²) in [6, 6.07) is 16.5. The van der Waals surface area contributed by atoms with E-state index in [2.05, 4.69) is 48.3 Å². The summed E-state index contributed by atoms with van der Waals surface area (Å²) in [7, 11) is 0. The molecule has 3 rings (SSSR count). The molecule has 1 aliphatic heterocycles. The predicted octanol–water partition coefficient (Wildman–Crippen LogP) is 5.55. The molecule has 0 saturated carbocycles. The van der Waals surface area contributed by atoms with Gasteiger partial charge in [0, 0.05) is 12.1 Å². The van der Waals surface area contributed by atoms with E-state index in [1.807, 2.05) is 38.1 Å². The van der Waals surface area contributed by atoms with Crippen LogP contribution in [0.3, 0.4) is 0 Å². The van der Waals surface area contributed by atoms with Crippen LogP contribution >= 0.6 is 0 Å². The van der Waals surface area contributed by atoms with Crippen molar-refractivity contribution in [2.24, 2.45) is 0 Å². The van der Waals surface area contributed by atoms with Gasteiger partial charge in [-0.2, -0.15) is 0 Å². The normalized spacial score (nSPS) is 15.9. The minimum absolute atomic E-state index is 0.0353. The molecule has 0 aromatic heterocycles. The van der Waals surface area contributed by atoms with E-state index in [9.17, 15) is 4.79 Å². The van der Waals surface area contributed by atoms with E-state index in [0.29, 0.717) is 18.0 Å². The summed E-state index contributed by atoms with van der Waals surface area (Å²) in [5.74, 6) is 1.28. The molecule has 1 N–H and O–H groups in total. The van der Waals surface area contributed by atoms with Crippen molar-refractivity contribution in [3.05, 3.63) is 65.2 Å². The molecule has 4 heteroatoms. The molecule has 0 aliphatic carbocycles. The van der Waals surface area contributed by atoms with Gasteiger partial charge in [-0.05, 0) is 81.1 Å². The standard InChI is InChI=1S/C26H36N2O2/c1-19(2)21-8-10-22(11-9-21)25(28-16-6-5-7-17-28)18-27-26(29)23-12-14-24(15-13-23)30-20(3)4/h8-15,19-20,25H,5-7,16-18H2,1-4H3,(H,27,29). The molecule has 2 aromatic rings. The summed E-state index contributed by atoms with van der Waals surface area (Å²) in [6.45, 7) is 11.2. The predicted molar refractivity (Wildman–Crippen MR) is 123 cm³/mol. The van der Waals surface area contributed by atoms with Gasteiger partial charge in [0.1, 0.15) is 5.75 Å². The third-order valence-electron chi connectivity index (χ3n) is 5.76. The first kappa shape index (κ1) is 22.4. The monoisotopic (exact) mass is 408 g/mol. The number of carbonyl (C=O) groups is 1.